The van der Waals surface area contributed by atoms with Crippen LogP contribution in [0.3, 0.4) is 0 Å². The first kappa shape index (κ1) is 27.4. The van der Waals surface area contributed by atoms with E-state index in [0.717, 1.165) is 33.7 Å². The van der Waals surface area contributed by atoms with E-state index in [2.05, 4.69) is 18.8 Å². The van der Waals surface area contributed by atoms with Gasteiger partial charge in [-0.05, 0) is 67.5 Å². The van der Waals surface area contributed by atoms with Gasteiger partial charge in [-0.25, -0.2) is 9.78 Å². The van der Waals surface area contributed by atoms with Gasteiger partial charge in [-0.3, -0.25) is 4.31 Å². The van der Waals surface area contributed by atoms with Crippen molar-refractivity contribution in [3.8, 4) is 17.1 Å². The number of aromatic carboxylic acids is 1. The molecule has 3 N–H and O–H groups in total. The highest BCUT2D eigenvalue weighted by Gasteiger charge is 2.19. The second kappa shape index (κ2) is 12.7. The molecule has 36 heavy (non-hydrogen) atoms. The number of nitrogens with two attached hydrogens (primary N) is 1. The second-order valence-corrected chi connectivity index (χ2v) is 10.2. The van der Waals surface area contributed by atoms with Gasteiger partial charge in [0.25, 0.3) is 0 Å². The summed E-state index contributed by atoms with van der Waals surface area (Å²) in [4.78, 5) is 21.7. The highest BCUT2D eigenvalue weighted by molar-refractivity contribution is 8.00. The third kappa shape index (κ3) is 7.43. The van der Waals surface area contributed by atoms with Crippen LogP contribution in [-0.2, 0) is 4.74 Å². The Labute approximate surface area is 217 Å². The Bertz CT molecular complexity index is 1170. The first-order chi connectivity index (χ1) is 17.2. The van der Waals surface area contributed by atoms with Crippen LogP contribution in [0.2, 0.25) is 0 Å². The fourth-order valence-corrected chi connectivity index (χ4v) is 4.76. The molecule has 0 fully saturated rings. The molecule has 2 aromatic carbocycles. The summed E-state index contributed by atoms with van der Waals surface area (Å²) >= 11 is 1.29. The number of methoxy groups -OCH3 is 1. The van der Waals surface area contributed by atoms with E-state index in [1.165, 1.54) is 11.9 Å². The summed E-state index contributed by atoms with van der Waals surface area (Å²) in [5.74, 6) is 0.273. The molecule has 0 bridgehead atoms. The van der Waals surface area contributed by atoms with Crippen LogP contribution >= 0.6 is 11.9 Å². The van der Waals surface area contributed by atoms with Crippen molar-refractivity contribution < 1.29 is 19.4 Å². The van der Waals surface area contributed by atoms with Crippen LogP contribution < -0.4 is 14.8 Å². The Morgan fingerprint density at radius 2 is 1.81 bits per heavy atom. The number of rotatable bonds is 12. The summed E-state index contributed by atoms with van der Waals surface area (Å²) in [5, 5.41) is 9.37. The molecule has 0 spiro atoms. The van der Waals surface area contributed by atoms with E-state index in [-0.39, 0.29) is 18.3 Å². The van der Waals surface area contributed by atoms with Crippen LogP contribution in [0.15, 0.2) is 53.4 Å². The number of carbonyl (C=O) groups is 1. The molecule has 0 saturated carbocycles. The smallest absolute Gasteiger partial charge is 0.335 e. The third-order valence-corrected chi connectivity index (χ3v) is 6.37. The summed E-state index contributed by atoms with van der Waals surface area (Å²) < 4.78 is 13.2. The van der Waals surface area contributed by atoms with Crippen molar-refractivity contribution in [2.75, 3.05) is 24.8 Å². The third-order valence-electron chi connectivity index (χ3n) is 5.41. The summed E-state index contributed by atoms with van der Waals surface area (Å²) in [6.07, 6.45) is 0.841. The van der Waals surface area contributed by atoms with E-state index >= 15 is 0 Å². The number of carboxylic acid groups (broad SMARTS) is 1. The second-order valence-electron chi connectivity index (χ2n) is 9.08. The highest BCUT2D eigenvalue weighted by atomic mass is 32.2. The van der Waals surface area contributed by atoms with Gasteiger partial charge in [-0.15, -0.1) is 0 Å². The molecular weight excluding hydrogens is 476 g/mol. The fraction of sp³-hybridized carbons (Fsp3) is 0.370. The zero-order valence-electron chi connectivity index (χ0n) is 21.4. The van der Waals surface area contributed by atoms with Gasteiger partial charge in [-0.1, -0.05) is 38.1 Å². The minimum absolute atomic E-state index is 0.115. The molecule has 0 saturated heterocycles. The zero-order chi connectivity index (χ0) is 26.2. The van der Waals surface area contributed by atoms with Gasteiger partial charge in [0.05, 0.1) is 11.3 Å². The molecule has 192 valence electrons. The highest BCUT2D eigenvalue weighted by Crippen LogP contribution is 2.33. The van der Waals surface area contributed by atoms with Gasteiger partial charge >= 0.3 is 5.97 Å². The molecule has 1 aromatic heterocycles. The van der Waals surface area contributed by atoms with Crippen LogP contribution in [0.25, 0.3) is 11.3 Å². The lowest BCUT2D eigenvalue weighted by Gasteiger charge is -2.22. The first-order valence-corrected chi connectivity index (χ1v) is 12.6. The molecule has 3 rings (SSSR count). The summed E-state index contributed by atoms with van der Waals surface area (Å²) in [5.41, 5.74) is 10.4. The normalized spacial score (nSPS) is 12.0. The predicted molar refractivity (Wildman–Crippen MR) is 143 cm³/mol. The van der Waals surface area contributed by atoms with Crippen molar-refractivity contribution in [3.05, 3.63) is 65.2 Å². The number of hydrogen-bond acceptors (Lipinski definition) is 8. The maximum absolute atomic E-state index is 11.4. The largest absolute Gasteiger partial charge is 0.478 e. The minimum Gasteiger partial charge on any atom is -0.478 e. The van der Waals surface area contributed by atoms with E-state index in [4.69, 9.17) is 20.2 Å². The quantitative estimate of drug-likeness (QED) is 0.247. The zero-order valence-corrected chi connectivity index (χ0v) is 22.2. The monoisotopic (exact) mass is 510 g/mol. The molecule has 1 heterocycles. The summed E-state index contributed by atoms with van der Waals surface area (Å²) in [6, 6.07) is 14.5. The van der Waals surface area contributed by atoms with Crippen molar-refractivity contribution in [1.82, 2.24) is 9.97 Å². The van der Waals surface area contributed by atoms with Gasteiger partial charge in [0, 0.05) is 29.7 Å². The maximum Gasteiger partial charge on any atom is 0.335 e. The van der Waals surface area contributed by atoms with E-state index in [9.17, 15) is 9.90 Å². The predicted octanol–water partition coefficient (Wildman–Crippen LogP) is 5.33. The van der Waals surface area contributed by atoms with Crippen molar-refractivity contribution in [1.29, 1.82) is 0 Å². The standard InChI is InChI=1S/C27H34N4O4S/c1-17(2)12-21(28)15-35-24-14-23(25-18(3)8-6-9-19(25)4)29-27(30-24)31(16-34-5)36-22-11-7-10-20(13-22)26(32)33/h6-11,13-14,17,21H,12,15-16,28H2,1-5H3,(H,32,33). The fourth-order valence-electron chi connectivity index (χ4n) is 3.87. The summed E-state index contributed by atoms with van der Waals surface area (Å²) in [7, 11) is 1.58. The van der Waals surface area contributed by atoms with Crippen LogP contribution in [0.5, 0.6) is 5.88 Å². The van der Waals surface area contributed by atoms with Gasteiger partial charge in [0.2, 0.25) is 11.8 Å². The Morgan fingerprint density at radius 3 is 2.44 bits per heavy atom. The van der Waals surface area contributed by atoms with Crippen LogP contribution in [0.4, 0.5) is 5.95 Å². The lowest BCUT2D eigenvalue weighted by molar-refractivity contribution is 0.0696. The molecule has 0 aliphatic carbocycles. The molecule has 0 radical (unpaired) electrons. The molecule has 0 amide bonds. The number of benzene rings is 2. The lowest BCUT2D eigenvalue weighted by atomic mass is 10.00. The SMILES string of the molecule is COCN(Sc1cccc(C(=O)O)c1)c1nc(OCC(N)CC(C)C)cc(-c2c(C)cccc2C)n1. The molecule has 1 unspecified atom stereocenters. The number of nitrogens with zero attached hydrogens (tertiary/aromatic N) is 3. The molecule has 9 heteroatoms. The number of ether oxygens (including phenoxy) is 2. The van der Waals surface area contributed by atoms with Gasteiger partial charge in [0.1, 0.15) is 13.3 Å². The number of anilines is 1. The van der Waals surface area contributed by atoms with Crippen LogP contribution in [0, 0.1) is 19.8 Å². The number of carboxylic acids is 1. The Balaban J connectivity index is 2.02. The van der Waals surface area contributed by atoms with Gasteiger partial charge < -0.3 is 20.3 Å². The molecule has 8 nitrogen and oxygen atoms in total. The van der Waals surface area contributed by atoms with Crippen molar-refractivity contribution in [2.24, 2.45) is 11.7 Å². The molecule has 0 aliphatic rings. The Morgan fingerprint density at radius 1 is 1.11 bits per heavy atom. The molecule has 3 aromatic rings. The molecule has 0 aliphatic heterocycles. The molecule has 1 atom stereocenters. The lowest BCUT2D eigenvalue weighted by Crippen LogP contribution is -2.29. The maximum atomic E-state index is 11.4. The van der Waals surface area contributed by atoms with Crippen LogP contribution in [-0.4, -0.2) is 47.5 Å². The number of aryl methyl sites for hydroxylation is 2. The average molecular weight is 511 g/mol. The Hall–Kier alpha value is -3.14. The number of hydrogen-bond donors (Lipinski definition) is 2. The average Bonchev–Trinajstić information content (AvgIpc) is 2.82. The number of aromatic nitrogens is 2. The van der Waals surface area contributed by atoms with E-state index < -0.39 is 5.97 Å². The van der Waals surface area contributed by atoms with Crippen LogP contribution in [0.1, 0.15) is 41.8 Å². The topological polar surface area (TPSA) is 111 Å². The van der Waals surface area contributed by atoms with E-state index in [1.807, 2.05) is 44.2 Å². The van der Waals surface area contributed by atoms with Crippen molar-refractivity contribution >= 4 is 23.9 Å². The molecular formula is C27H34N4O4S. The van der Waals surface area contributed by atoms with E-state index in [1.54, 1.807) is 29.6 Å². The van der Waals surface area contributed by atoms with Gasteiger partial charge in [0.15, 0.2) is 0 Å². The summed E-state index contributed by atoms with van der Waals surface area (Å²) in [6.45, 7) is 8.84. The Kier molecular flexibility index (Phi) is 9.69. The van der Waals surface area contributed by atoms with Crippen molar-refractivity contribution in [2.45, 2.75) is 45.1 Å². The first-order valence-electron chi connectivity index (χ1n) is 11.8. The minimum atomic E-state index is -0.988. The van der Waals surface area contributed by atoms with E-state index in [0.29, 0.717) is 24.4 Å². The van der Waals surface area contributed by atoms with Gasteiger partial charge in [-0.2, -0.15) is 4.98 Å². The van der Waals surface area contributed by atoms with Crippen molar-refractivity contribution in [3.63, 3.8) is 0 Å².